The van der Waals surface area contributed by atoms with E-state index in [4.69, 9.17) is 0 Å². The Morgan fingerprint density at radius 3 is 2.42 bits per heavy atom. The largest absolute Gasteiger partial charge is 0.380 e. The Hall–Kier alpha value is -3.73. The van der Waals surface area contributed by atoms with Crippen molar-refractivity contribution in [1.82, 2.24) is 9.55 Å². The molecule has 0 bridgehead atoms. The highest BCUT2D eigenvalue weighted by Gasteiger charge is 2.22. The summed E-state index contributed by atoms with van der Waals surface area (Å²) in [6.07, 6.45) is 5.29. The number of hydrogen-bond donors (Lipinski definition) is 1. The van der Waals surface area contributed by atoms with Crippen molar-refractivity contribution in [3.63, 3.8) is 0 Å². The van der Waals surface area contributed by atoms with Gasteiger partial charge in [-0.2, -0.15) is 0 Å². The number of rotatable bonds is 5. The number of nitrogens with zero attached hydrogens (tertiary/aromatic N) is 2. The van der Waals surface area contributed by atoms with Gasteiger partial charge in [0.2, 0.25) is 5.43 Å². The van der Waals surface area contributed by atoms with Gasteiger partial charge < -0.3 is 9.88 Å². The van der Waals surface area contributed by atoms with Crippen LogP contribution in [0.15, 0.2) is 77.9 Å². The number of aryl methyl sites for hydroxylation is 1. The van der Waals surface area contributed by atoms with Gasteiger partial charge in [-0.3, -0.25) is 9.59 Å². The van der Waals surface area contributed by atoms with Gasteiger partial charge in [0.25, 0.3) is 0 Å². The van der Waals surface area contributed by atoms with Crippen LogP contribution in [0, 0.1) is 0 Å². The molecular formula is C26H23N3O2. The van der Waals surface area contributed by atoms with Gasteiger partial charge in [0.05, 0.1) is 22.8 Å². The molecule has 1 aliphatic rings. The van der Waals surface area contributed by atoms with E-state index in [2.05, 4.69) is 34.6 Å². The lowest BCUT2D eigenvalue weighted by Gasteiger charge is -2.15. The molecule has 0 unspecified atom stereocenters. The first-order valence-corrected chi connectivity index (χ1v) is 10.6. The summed E-state index contributed by atoms with van der Waals surface area (Å²) in [5.41, 5.74) is 4.52. The number of benzene rings is 2. The summed E-state index contributed by atoms with van der Waals surface area (Å²) in [6, 6.07) is 19.5. The van der Waals surface area contributed by atoms with Crippen LogP contribution >= 0.6 is 0 Å². The first-order chi connectivity index (χ1) is 15.1. The number of fused-ring (bicyclic) bond motifs is 2. The Labute approximate surface area is 180 Å². The molecule has 0 saturated heterocycles. The molecular weight excluding hydrogens is 386 g/mol. The van der Waals surface area contributed by atoms with E-state index in [1.807, 2.05) is 23.6 Å². The average Bonchev–Trinajstić information content (AvgIpc) is 3.22. The molecule has 31 heavy (non-hydrogen) atoms. The van der Waals surface area contributed by atoms with E-state index in [1.54, 1.807) is 36.7 Å². The fourth-order valence-corrected chi connectivity index (χ4v) is 4.40. The van der Waals surface area contributed by atoms with Crippen LogP contribution in [0.25, 0.3) is 11.0 Å². The normalized spacial score (nSPS) is 13.3. The molecule has 0 fully saturated rings. The number of pyridine rings is 2. The summed E-state index contributed by atoms with van der Waals surface area (Å²) in [6.45, 7) is 2.59. The highest BCUT2D eigenvalue weighted by molar-refractivity contribution is 6.10. The van der Waals surface area contributed by atoms with Crippen LogP contribution in [0.1, 0.15) is 34.0 Å². The second kappa shape index (κ2) is 7.84. The highest BCUT2D eigenvalue weighted by Crippen LogP contribution is 2.25. The van der Waals surface area contributed by atoms with Gasteiger partial charge in [0.15, 0.2) is 5.78 Å². The number of carbonyl (C=O) groups is 1. The smallest absolute Gasteiger partial charge is 0.202 e. The SMILES string of the molecule is CCn1cc(C(=O)c2ccccc2)c(=O)c2cc(NC3Cc4ccccc4C3)cnc21. The molecule has 5 rings (SSSR count). The quantitative estimate of drug-likeness (QED) is 0.501. The van der Waals surface area contributed by atoms with E-state index in [0.29, 0.717) is 23.1 Å². The lowest BCUT2D eigenvalue weighted by Crippen LogP contribution is -2.22. The van der Waals surface area contributed by atoms with Crippen molar-refractivity contribution in [3.05, 3.63) is 106 Å². The maximum Gasteiger partial charge on any atom is 0.202 e. The van der Waals surface area contributed by atoms with Crippen LogP contribution in [0.3, 0.4) is 0 Å². The molecule has 0 spiro atoms. The van der Waals surface area contributed by atoms with Gasteiger partial charge >= 0.3 is 0 Å². The molecule has 0 amide bonds. The van der Waals surface area contributed by atoms with E-state index in [1.165, 1.54) is 11.1 Å². The van der Waals surface area contributed by atoms with Crippen molar-refractivity contribution >= 4 is 22.5 Å². The molecule has 2 aromatic heterocycles. The minimum atomic E-state index is -0.278. The van der Waals surface area contributed by atoms with Crippen LogP contribution in [0.5, 0.6) is 0 Å². The lowest BCUT2D eigenvalue weighted by atomic mass is 10.0. The molecule has 1 N–H and O–H groups in total. The summed E-state index contributed by atoms with van der Waals surface area (Å²) < 4.78 is 1.86. The highest BCUT2D eigenvalue weighted by atomic mass is 16.1. The van der Waals surface area contributed by atoms with Gasteiger partial charge in [-0.1, -0.05) is 54.6 Å². The number of aromatic nitrogens is 2. The molecule has 0 radical (unpaired) electrons. The fourth-order valence-electron chi connectivity index (χ4n) is 4.40. The average molecular weight is 409 g/mol. The van der Waals surface area contributed by atoms with E-state index in [-0.39, 0.29) is 22.8 Å². The second-order valence-electron chi connectivity index (χ2n) is 7.97. The maximum atomic E-state index is 13.3. The van der Waals surface area contributed by atoms with Crippen molar-refractivity contribution < 1.29 is 4.79 Å². The van der Waals surface area contributed by atoms with Crippen LogP contribution in [0.4, 0.5) is 5.69 Å². The molecule has 5 nitrogen and oxygen atoms in total. The fraction of sp³-hybridized carbons (Fsp3) is 0.192. The lowest BCUT2D eigenvalue weighted by molar-refractivity contribution is 0.103. The number of carbonyl (C=O) groups excluding carboxylic acids is 1. The third-order valence-electron chi connectivity index (χ3n) is 5.96. The number of ketones is 1. The summed E-state index contributed by atoms with van der Waals surface area (Å²) in [5, 5.41) is 3.99. The van der Waals surface area contributed by atoms with Gasteiger partial charge in [-0.05, 0) is 37.0 Å². The zero-order valence-corrected chi connectivity index (χ0v) is 17.3. The van der Waals surface area contributed by atoms with Crippen LogP contribution in [-0.2, 0) is 19.4 Å². The Bertz CT molecular complexity index is 1320. The first kappa shape index (κ1) is 19.2. The van der Waals surface area contributed by atoms with Crippen molar-refractivity contribution in [2.24, 2.45) is 0 Å². The molecule has 0 aliphatic heterocycles. The van der Waals surface area contributed by atoms with Crippen LogP contribution in [-0.4, -0.2) is 21.4 Å². The van der Waals surface area contributed by atoms with Crippen LogP contribution in [0.2, 0.25) is 0 Å². The third kappa shape index (κ3) is 3.52. The van der Waals surface area contributed by atoms with Gasteiger partial charge in [-0.25, -0.2) is 4.98 Å². The van der Waals surface area contributed by atoms with Gasteiger partial charge in [0, 0.05) is 24.3 Å². The van der Waals surface area contributed by atoms with Crippen molar-refractivity contribution in [2.45, 2.75) is 32.4 Å². The Morgan fingerprint density at radius 1 is 1.06 bits per heavy atom. The second-order valence-corrected chi connectivity index (χ2v) is 7.97. The predicted molar refractivity (Wildman–Crippen MR) is 123 cm³/mol. The standard InChI is InChI=1S/C26H23N3O2/c1-2-29-16-23(24(30)17-8-4-3-5-9-17)25(31)22-14-21(15-27-26(22)29)28-20-12-18-10-6-7-11-19(18)13-20/h3-11,14-16,20,28H,2,12-13H2,1H3. The molecule has 5 heteroatoms. The number of nitrogens with one attached hydrogen (secondary N) is 1. The number of anilines is 1. The molecule has 2 heterocycles. The van der Waals surface area contributed by atoms with E-state index < -0.39 is 0 Å². The zero-order valence-electron chi connectivity index (χ0n) is 17.3. The Morgan fingerprint density at radius 2 is 1.74 bits per heavy atom. The predicted octanol–water partition coefficient (Wildman–Crippen LogP) is 4.23. The molecule has 0 saturated carbocycles. The number of hydrogen-bond acceptors (Lipinski definition) is 4. The maximum absolute atomic E-state index is 13.3. The van der Waals surface area contributed by atoms with Gasteiger partial charge in [-0.15, -0.1) is 0 Å². The van der Waals surface area contributed by atoms with Gasteiger partial charge in [0.1, 0.15) is 5.65 Å². The third-order valence-corrected chi connectivity index (χ3v) is 5.96. The monoisotopic (exact) mass is 409 g/mol. The topological polar surface area (TPSA) is 64.0 Å². The summed E-state index contributed by atoms with van der Waals surface area (Å²) in [5.74, 6) is -0.265. The summed E-state index contributed by atoms with van der Waals surface area (Å²) >= 11 is 0. The van der Waals surface area contributed by atoms with Crippen LogP contribution < -0.4 is 10.7 Å². The molecule has 2 aromatic carbocycles. The Balaban J connectivity index is 1.52. The molecule has 4 aromatic rings. The first-order valence-electron chi connectivity index (χ1n) is 10.6. The van der Waals surface area contributed by atoms with Crippen molar-refractivity contribution in [2.75, 3.05) is 5.32 Å². The molecule has 0 atom stereocenters. The van der Waals surface area contributed by atoms with Crippen molar-refractivity contribution in [1.29, 1.82) is 0 Å². The summed E-state index contributed by atoms with van der Waals surface area (Å²) in [7, 11) is 0. The van der Waals surface area contributed by atoms with E-state index >= 15 is 0 Å². The zero-order chi connectivity index (χ0) is 21.4. The van der Waals surface area contributed by atoms with Crippen molar-refractivity contribution in [3.8, 4) is 0 Å². The van der Waals surface area contributed by atoms with E-state index in [0.717, 1.165) is 18.5 Å². The minimum absolute atomic E-state index is 0.174. The van der Waals surface area contributed by atoms with E-state index in [9.17, 15) is 9.59 Å². The molecule has 154 valence electrons. The summed E-state index contributed by atoms with van der Waals surface area (Å²) in [4.78, 5) is 30.9. The Kier molecular flexibility index (Phi) is 4.86. The molecule has 1 aliphatic carbocycles. The minimum Gasteiger partial charge on any atom is -0.380 e.